The molecule has 1 heterocycles. The Morgan fingerprint density at radius 3 is 2.54 bits per heavy atom. The molecule has 0 aliphatic carbocycles. The van der Waals surface area contributed by atoms with Gasteiger partial charge in [0, 0.05) is 9.79 Å². The van der Waals surface area contributed by atoms with Gasteiger partial charge in [-0.25, -0.2) is 0 Å². The lowest BCUT2D eigenvalue weighted by Gasteiger charge is -2.28. The molecule has 0 fully saturated rings. The predicted molar refractivity (Wildman–Crippen MR) is 91.9 cm³/mol. The van der Waals surface area contributed by atoms with Crippen molar-refractivity contribution in [1.82, 2.24) is 0 Å². The molecule has 124 valence electrons. The summed E-state index contributed by atoms with van der Waals surface area (Å²) >= 11 is 1.55. The standard InChI is InChI=1S/C18H17NO4S/c1-3-18(16(20)21,17(22)23-2)11-8-9-13-15(10-11)24-14-7-5-4-6-12(14)19-13/h4-10,19H,3H2,1-2H3,(H,20,21). The number of ether oxygens (including phenoxy) is 1. The highest BCUT2D eigenvalue weighted by Crippen LogP contribution is 2.45. The summed E-state index contributed by atoms with van der Waals surface area (Å²) in [6.45, 7) is 1.67. The van der Waals surface area contributed by atoms with Crippen molar-refractivity contribution in [1.29, 1.82) is 0 Å². The number of esters is 1. The number of nitrogens with one attached hydrogen (secondary N) is 1. The van der Waals surface area contributed by atoms with Crippen LogP contribution >= 0.6 is 11.8 Å². The normalized spacial score (nSPS) is 14.6. The Hall–Kier alpha value is -2.47. The quantitative estimate of drug-likeness (QED) is 0.554. The van der Waals surface area contributed by atoms with Gasteiger partial charge in [-0.05, 0) is 36.2 Å². The number of hydrogen-bond donors (Lipinski definition) is 2. The van der Waals surface area contributed by atoms with Crippen LogP contribution < -0.4 is 5.32 Å². The Bertz CT molecular complexity index is 820. The summed E-state index contributed by atoms with van der Waals surface area (Å²) in [6, 6.07) is 13.1. The Labute approximate surface area is 144 Å². The third-order valence-electron chi connectivity index (χ3n) is 4.28. The molecule has 2 N–H and O–H groups in total. The van der Waals surface area contributed by atoms with E-state index in [0.29, 0.717) is 5.56 Å². The van der Waals surface area contributed by atoms with Crippen LogP contribution in [0.15, 0.2) is 52.3 Å². The van der Waals surface area contributed by atoms with Crippen molar-refractivity contribution < 1.29 is 19.4 Å². The number of hydrogen-bond acceptors (Lipinski definition) is 5. The van der Waals surface area contributed by atoms with Crippen molar-refractivity contribution in [2.75, 3.05) is 12.4 Å². The molecule has 1 aliphatic heterocycles. The number of carbonyl (C=O) groups is 2. The first-order valence-electron chi connectivity index (χ1n) is 7.53. The van der Waals surface area contributed by atoms with Gasteiger partial charge < -0.3 is 15.2 Å². The summed E-state index contributed by atoms with van der Waals surface area (Å²) in [6.07, 6.45) is 0.114. The number of fused-ring (bicyclic) bond motifs is 2. The Balaban J connectivity index is 2.08. The van der Waals surface area contributed by atoms with Crippen LogP contribution in [0.2, 0.25) is 0 Å². The molecule has 0 saturated carbocycles. The van der Waals surface area contributed by atoms with E-state index in [2.05, 4.69) is 5.32 Å². The Kier molecular flexibility index (Phi) is 4.24. The number of carboxylic acid groups (broad SMARTS) is 1. The van der Waals surface area contributed by atoms with Crippen LogP contribution in [0.1, 0.15) is 18.9 Å². The van der Waals surface area contributed by atoms with Crippen molar-refractivity contribution >= 4 is 35.1 Å². The van der Waals surface area contributed by atoms with Crippen molar-refractivity contribution in [3.8, 4) is 0 Å². The third-order valence-corrected chi connectivity index (χ3v) is 5.41. The Morgan fingerprint density at radius 2 is 1.88 bits per heavy atom. The van der Waals surface area contributed by atoms with E-state index in [-0.39, 0.29) is 6.42 Å². The molecule has 0 spiro atoms. The highest BCUT2D eigenvalue weighted by atomic mass is 32.2. The molecular weight excluding hydrogens is 326 g/mol. The minimum absolute atomic E-state index is 0.114. The molecule has 1 aliphatic rings. The minimum atomic E-state index is -1.69. The van der Waals surface area contributed by atoms with E-state index >= 15 is 0 Å². The van der Waals surface area contributed by atoms with E-state index in [9.17, 15) is 14.7 Å². The molecule has 1 unspecified atom stereocenters. The molecule has 0 aromatic heterocycles. The molecule has 1 atom stereocenters. The molecule has 2 aromatic carbocycles. The zero-order valence-corrected chi connectivity index (χ0v) is 14.1. The number of carboxylic acids is 1. The number of methoxy groups -OCH3 is 1. The lowest BCUT2D eigenvalue weighted by molar-refractivity contribution is -0.160. The van der Waals surface area contributed by atoms with Crippen molar-refractivity contribution in [2.45, 2.75) is 28.6 Å². The van der Waals surface area contributed by atoms with Crippen molar-refractivity contribution in [2.24, 2.45) is 0 Å². The first kappa shape index (κ1) is 16.4. The molecule has 5 nitrogen and oxygen atoms in total. The summed E-state index contributed by atoms with van der Waals surface area (Å²) in [5, 5.41) is 13.0. The average molecular weight is 343 g/mol. The van der Waals surface area contributed by atoms with Gasteiger partial charge in [-0.3, -0.25) is 9.59 Å². The average Bonchev–Trinajstić information content (AvgIpc) is 2.60. The maximum atomic E-state index is 12.2. The zero-order valence-electron chi connectivity index (χ0n) is 13.3. The SMILES string of the molecule is CCC(C(=O)O)(C(=O)OC)c1ccc2c(c1)Sc1ccccc1N2. The summed E-state index contributed by atoms with van der Waals surface area (Å²) in [7, 11) is 1.21. The summed E-state index contributed by atoms with van der Waals surface area (Å²) in [5.74, 6) is -1.96. The van der Waals surface area contributed by atoms with Gasteiger partial charge in [-0.2, -0.15) is 0 Å². The smallest absolute Gasteiger partial charge is 0.327 e. The first-order chi connectivity index (χ1) is 11.5. The second-order valence-corrected chi connectivity index (χ2v) is 6.57. The number of anilines is 2. The summed E-state index contributed by atoms with van der Waals surface area (Å²) < 4.78 is 4.78. The van der Waals surface area contributed by atoms with Crippen LogP contribution in [0.25, 0.3) is 0 Å². The van der Waals surface area contributed by atoms with E-state index in [1.54, 1.807) is 30.8 Å². The maximum Gasteiger partial charge on any atom is 0.327 e. The monoisotopic (exact) mass is 343 g/mol. The van der Waals surface area contributed by atoms with Gasteiger partial charge in [-0.15, -0.1) is 0 Å². The van der Waals surface area contributed by atoms with Crippen LogP contribution in [0.5, 0.6) is 0 Å². The molecule has 2 aromatic rings. The largest absolute Gasteiger partial charge is 0.480 e. The molecule has 0 radical (unpaired) electrons. The maximum absolute atomic E-state index is 12.2. The molecule has 24 heavy (non-hydrogen) atoms. The fraction of sp³-hybridized carbons (Fsp3) is 0.222. The molecule has 6 heteroatoms. The van der Waals surface area contributed by atoms with Gasteiger partial charge >= 0.3 is 11.9 Å². The zero-order chi connectivity index (χ0) is 17.3. The fourth-order valence-corrected chi connectivity index (χ4v) is 3.93. The lowest BCUT2D eigenvalue weighted by Crippen LogP contribution is -2.44. The number of carbonyl (C=O) groups excluding carboxylic acids is 1. The van der Waals surface area contributed by atoms with E-state index < -0.39 is 17.4 Å². The van der Waals surface area contributed by atoms with Gasteiger partial charge in [0.05, 0.1) is 18.5 Å². The minimum Gasteiger partial charge on any atom is -0.480 e. The van der Waals surface area contributed by atoms with Gasteiger partial charge in [0.15, 0.2) is 5.41 Å². The number of benzene rings is 2. The number of aliphatic carboxylic acids is 1. The van der Waals surface area contributed by atoms with Gasteiger partial charge in [0.25, 0.3) is 0 Å². The summed E-state index contributed by atoms with van der Waals surface area (Å²) in [4.78, 5) is 26.1. The van der Waals surface area contributed by atoms with E-state index in [1.807, 2.05) is 30.3 Å². The lowest BCUT2D eigenvalue weighted by atomic mass is 9.78. The van der Waals surface area contributed by atoms with Crippen molar-refractivity contribution in [3.05, 3.63) is 48.0 Å². The number of rotatable bonds is 4. The van der Waals surface area contributed by atoms with E-state index in [1.165, 1.54) is 7.11 Å². The molecular formula is C18H17NO4S. The van der Waals surface area contributed by atoms with Gasteiger partial charge in [0.1, 0.15) is 0 Å². The van der Waals surface area contributed by atoms with Crippen molar-refractivity contribution in [3.63, 3.8) is 0 Å². The van der Waals surface area contributed by atoms with Gasteiger partial charge in [-0.1, -0.05) is 36.9 Å². The second-order valence-electron chi connectivity index (χ2n) is 5.49. The first-order valence-corrected chi connectivity index (χ1v) is 8.35. The summed E-state index contributed by atoms with van der Waals surface area (Å²) in [5.41, 5.74) is 0.636. The topological polar surface area (TPSA) is 75.6 Å². The molecule has 0 bridgehead atoms. The second kappa shape index (κ2) is 6.20. The highest BCUT2D eigenvalue weighted by Gasteiger charge is 2.48. The molecule has 3 rings (SSSR count). The molecule has 0 amide bonds. The predicted octanol–water partition coefficient (Wildman–Crippen LogP) is 3.80. The fourth-order valence-electron chi connectivity index (χ4n) is 2.90. The third kappa shape index (κ3) is 2.43. The van der Waals surface area contributed by atoms with E-state index in [4.69, 9.17) is 4.74 Å². The number of para-hydroxylation sites is 1. The van der Waals surface area contributed by atoms with Crippen LogP contribution in [0, 0.1) is 0 Å². The molecule has 0 saturated heterocycles. The van der Waals surface area contributed by atoms with Crippen LogP contribution in [-0.2, 0) is 19.7 Å². The van der Waals surface area contributed by atoms with E-state index in [0.717, 1.165) is 21.2 Å². The highest BCUT2D eigenvalue weighted by molar-refractivity contribution is 7.99. The van der Waals surface area contributed by atoms with Gasteiger partial charge in [0.2, 0.25) is 0 Å². The van der Waals surface area contributed by atoms with Crippen LogP contribution in [-0.4, -0.2) is 24.2 Å². The van der Waals surface area contributed by atoms with Crippen LogP contribution in [0.4, 0.5) is 11.4 Å². The van der Waals surface area contributed by atoms with Crippen LogP contribution in [0.3, 0.4) is 0 Å². The Morgan fingerprint density at radius 1 is 1.17 bits per heavy atom.